The molecule has 4 aromatic rings. The van der Waals surface area contributed by atoms with Gasteiger partial charge < -0.3 is 14.2 Å². The maximum Gasteiger partial charge on any atom is 0.294 e. The maximum atomic E-state index is 12.7. The zero-order valence-electron chi connectivity index (χ0n) is 27.3. The molecular formula is C37H34N4O7S2. The minimum Gasteiger partial charge on any atom is -0.744 e. The second-order valence-electron chi connectivity index (χ2n) is 12.6. The first-order chi connectivity index (χ1) is 23.9. The molecule has 3 heterocycles. The molecule has 1 N–H and O–H groups in total. The van der Waals surface area contributed by atoms with Crippen LogP contribution in [0.25, 0.3) is 5.57 Å². The van der Waals surface area contributed by atoms with Crippen LogP contribution in [0.4, 0.5) is 17.1 Å². The predicted molar refractivity (Wildman–Crippen MR) is 188 cm³/mol. The smallest absolute Gasteiger partial charge is 0.294 e. The van der Waals surface area contributed by atoms with Crippen LogP contribution in [-0.4, -0.2) is 52.6 Å². The van der Waals surface area contributed by atoms with E-state index in [1.54, 1.807) is 18.2 Å². The topological polar surface area (TPSA) is 152 Å². The summed E-state index contributed by atoms with van der Waals surface area (Å²) in [6.45, 7) is 2.68. The normalized spacial score (nSPS) is 15.2. The molecule has 11 nitrogen and oxygen atoms in total. The van der Waals surface area contributed by atoms with Gasteiger partial charge in [0.25, 0.3) is 10.1 Å². The third-order valence-electron chi connectivity index (χ3n) is 9.36. The summed E-state index contributed by atoms with van der Waals surface area (Å²) in [6, 6.07) is 17.9. The van der Waals surface area contributed by atoms with E-state index in [1.165, 1.54) is 6.07 Å². The first-order valence-corrected chi connectivity index (χ1v) is 19.1. The van der Waals surface area contributed by atoms with E-state index < -0.39 is 30.0 Å². The summed E-state index contributed by atoms with van der Waals surface area (Å²) in [5, 5.41) is 10.6. The van der Waals surface area contributed by atoms with Crippen molar-refractivity contribution in [2.45, 2.75) is 48.3 Å². The van der Waals surface area contributed by atoms with Crippen molar-refractivity contribution in [1.29, 1.82) is 0 Å². The number of hydrogen-bond acceptors (Lipinski definition) is 9. The van der Waals surface area contributed by atoms with E-state index in [-0.39, 0.29) is 5.56 Å². The Morgan fingerprint density at radius 1 is 0.940 bits per heavy atom. The molecule has 256 valence electrons. The van der Waals surface area contributed by atoms with Crippen LogP contribution in [0.15, 0.2) is 86.7 Å². The Labute approximate surface area is 290 Å². The third kappa shape index (κ3) is 6.43. The van der Waals surface area contributed by atoms with Crippen LogP contribution < -0.4 is 24.8 Å². The fourth-order valence-electron chi connectivity index (χ4n) is 7.06. The molecular weight excluding hydrogens is 677 g/mol. The number of ether oxygens (including phenoxy) is 1. The van der Waals surface area contributed by atoms with E-state index in [4.69, 9.17) is 11.2 Å². The van der Waals surface area contributed by atoms with Crippen molar-refractivity contribution in [2.75, 3.05) is 31.6 Å². The predicted octanol–water partition coefficient (Wildman–Crippen LogP) is 4.84. The van der Waals surface area contributed by atoms with Gasteiger partial charge in [-0.05, 0) is 73.9 Å². The molecule has 4 aromatic carbocycles. The monoisotopic (exact) mass is 710 g/mol. The number of nitrogens with zero attached hydrogens (tertiary/aromatic N) is 4. The summed E-state index contributed by atoms with van der Waals surface area (Å²) < 4.78 is 80.7. The minimum atomic E-state index is -5.20. The van der Waals surface area contributed by atoms with E-state index >= 15 is 0 Å². The van der Waals surface area contributed by atoms with Gasteiger partial charge in [0, 0.05) is 72.1 Å². The molecule has 50 heavy (non-hydrogen) atoms. The van der Waals surface area contributed by atoms with Gasteiger partial charge in [0.1, 0.15) is 34.7 Å². The Morgan fingerprint density at radius 3 is 2.36 bits per heavy atom. The molecule has 0 saturated heterocycles. The summed E-state index contributed by atoms with van der Waals surface area (Å²) in [5.74, 6) is 3.59. The summed E-state index contributed by atoms with van der Waals surface area (Å²) in [6.07, 6.45) is 10.4. The number of hydrogen-bond donors (Lipinski definition) is 1. The fraction of sp³-hybridized carbons (Fsp3) is 0.270. The highest BCUT2D eigenvalue weighted by molar-refractivity contribution is 7.86. The third-order valence-corrected chi connectivity index (χ3v) is 11.1. The Bertz CT molecular complexity index is 2470. The lowest BCUT2D eigenvalue weighted by molar-refractivity contribution is 0.437. The van der Waals surface area contributed by atoms with Crippen molar-refractivity contribution < 1.29 is 30.7 Å². The zero-order chi connectivity index (χ0) is 35.2. The van der Waals surface area contributed by atoms with E-state index in [2.05, 4.69) is 25.6 Å². The number of rotatable bonds is 9. The highest BCUT2D eigenvalue weighted by Crippen LogP contribution is 2.42. The molecule has 0 radical (unpaired) electrons. The number of anilines is 1. The van der Waals surface area contributed by atoms with Crippen LogP contribution in [0, 0.1) is 12.3 Å². The average molecular weight is 711 g/mol. The van der Waals surface area contributed by atoms with Crippen molar-refractivity contribution in [3.63, 3.8) is 0 Å². The summed E-state index contributed by atoms with van der Waals surface area (Å²) in [7, 11) is -8.00. The average Bonchev–Trinajstić information content (AvgIpc) is 3.09. The van der Waals surface area contributed by atoms with Gasteiger partial charge in [-0.25, -0.2) is 13.0 Å². The molecule has 0 spiro atoms. The van der Waals surface area contributed by atoms with Crippen LogP contribution in [0.5, 0.6) is 11.5 Å². The Morgan fingerprint density at radius 2 is 1.64 bits per heavy atom. The number of aryl methyl sites for hydroxylation is 1. The van der Waals surface area contributed by atoms with E-state index in [9.17, 15) is 25.9 Å². The number of terminal acetylenes is 1. The number of benzene rings is 4. The van der Waals surface area contributed by atoms with Crippen LogP contribution in [0.2, 0.25) is 0 Å². The highest BCUT2D eigenvalue weighted by atomic mass is 32.2. The molecule has 0 saturated carbocycles. The minimum absolute atomic E-state index is 0.00699. The van der Waals surface area contributed by atoms with Crippen molar-refractivity contribution in [3.8, 4) is 23.8 Å². The zero-order valence-corrected chi connectivity index (χ0v) is 28.9. The molecule has 0 fully saturated rings. The van der Waals surface area contributed by atoms with Crippen LogP contribution >= 0.6 is 0 Å². The first kappa shape index (κ1) is 33.6. The number of azo groups is 1. The molecule has 0 unspecified atom stereocenters. The Kier molecular flexibility index (Phi) is 8.81. The van der Waals surface area contributed by atoms with Gasteiger partial charge in [0.2, 0.25) is 5.36 Å². The van der Waals surface area contributed by atoms with Gasteiger partial charge >= 0.3 is 0 Å². The Balaban J connectivity index is 1.36. The van der Waals surface area contributed by atoms with Crippen molar-refractivity contribution in [3.05, 3.63) is 99.6 Å². The SMILES string of the molecule is C#CCCCN(C)c1ccc(N=Nc2ccc3c(c2)Oc2c4c5c(cc2=C3c2ccc(S(=O)(=O)O)cc2S(=O)(=O)[O-])CCC[N+]=5CCC4)cc1. The summed E-state index contributed by atoms with van der Waals surface area (Å²) in [4.78, 5) is 0.664. The molecule has 3 aliphatic rings. The second kappa shape index (κ2) is 13.1. The summed E-state index contributed by atoms with van der Waals surface area (Å²) >= 11 is 0. The van der Waals surface area contributed by atoms with Gasteiger partial charge in [-0.1, -0.05) is 6.07 Å². The number of unbranched alkanes of at least 4 members (excludes halogenated alkanes) is 1. The molecule has 0 atom stereocenters. The molecule has 3 aliphatic heterocycles. The second-order valence-corrected chi connectivity index (χ2v) is 15.4. The van der Waals surface area contributed by atoms with Gasteiger partial charge in [0.15, 0.2) is 0 Å². The van der Waals surface area contributed by atoms with E-state index in [0.717, 1.165) is 80.0 Å². The lowest BCUT2D eigenvalue weighted by Crippen LogP contribution is -2.45. The molecule has 13 heteroatoms. The van der Waals surface area contributed by atoms with Crippen molar-refractivity contribution in [2.24, 2.45) is 10.2 Å². The molecule has 0 amide bonds. The van der Waals surface area contributed by atoms with E-state index in [0.29, 0.717) is 51.7 Å². The van der Waals surface area contributed by atoms with Crippen molar-refractivity contribution in [1.82, 2.24) is 4.58 Å². The van der Waals surface area contributed by atoms with Gasteiger partial charge in [-0.15, -0.1) is 12.3 Å². The number of fused-ring (bicyclic) bond motifs is 3. The molecule has 0 bridgehead atoms. The quantitative estimate of drug-likeness (QED) is 0.0751. The highest BCUT2D eigenvalue weighted by Gasteiger charge is 2.32. The summed E-state index contributed by atoms with van der Waals surface area (Å²) in [5.41, 5.74) is 5.16. The largest absolute Gasteiger partial charge is 0.744 e. The molecule has 0 aromatic heterocycles. The van der Waals surface area contributed by atoms with Crippen LogP contribution in [-0.2, 0) is 33.1 Å². The van der Waals surface area contributed by atoms with Gasteiger partial charge in [-0.2, -0.15) is 18.6 Å². The van der Waals surface area contributed by atoms with Crippen LogP contribution in [0.3, 0.4) is 0 Å². The lowest BCUT2D eigenvalue weighted by atomic mass is 9.87. The maximum absolute atomic E-state index is 12.7. The van der Waals surface area contributed by atoms with Gasteiger partial charge in [0.05, 0.1) is 26.7 Å². The van der Waals surface area contributed by atoms with E-state index in [1.807, 2.05) is 37.4 Å². The van der Waals surface area contributed by atoms with Crippen molar-refractivity contribution >= 4 is 42.9 Å². The standard InChI is InChI=1S/C37H34N4O7S2/c1-3-4-5-18-40(2)27-13-10-25(11-14-27)38-39-26-12-16-29-33(22-26)48-37-31-9-7-20-41-19-6-8-24(36(31)41)21-32(37)35(29)30-17-15-28(49(42,43)44)23-34(30)50(45,46)47/h1,10-17,21-23H,4-9,18-20H2,2H3,(H-,42,43,44,45,46,47). The van der Waals surface area contributed by atoms with Crippen LogP contribution in [0.1, 0.15) is 47.9 Å². The van der Waals surface area contributed by atoms with Gasteiger partial charge in [-0.3, -0.25) is 4.55 Å². The molecule has 0 aliphatic carbocycles. The fourth-order valence-corrected chi connectivity index (χ4v) is 8.35. The first-order valence-electron chi connectivity index (χ1n) is 16.3. The molecule has 7 rings (SSSR count). The Hall–Kier alpha value is -4.87. The lowest BCUT2D eigenvalue weighted by Gasteiger charge is -2.27.